The van der Waals surface area contributed by atoms with Crippen molar-refractivity contribution in [2.24, 2.45) is 0 Å². The van der Waals surface area contributed by atoms with Crippen LogP contribution in [-0.2, 0) is 16.3 Å². The molecule has 5 heteroatoms. The van der Waals surface area contributed by atoms with E-state index in [2.05, 4.69) is 11.6 Å². The van der Waals surface area contributed by atoms with Gasteiger partial charge < -0.3 is 9.05 Å². The van der Waals surface area contributed by atoms with E-state index in [9.17, 15) is 0 Å². The summed E-state index contributed by atoms with van der Waals surface area (Å²) in [6, 6.07) is 18.1. The van der Waals surface area contributed by atoms with E-state index in [1.807, 2.05) is 54.6 Å². The highest BCUT2D eigenvalue weighted by molar-refractivity contribution is 8.10. The molecule has 0 bridgehead atoms. The van der Waals surface area contributed by atoms with Crippen LogP contribution in [0.5, 0.6) is 5.75 Å². The largest absolute Gasteiger partial charge is 0.429 e. The molecule has 2 aromatic carbocycles. The predicted octanol–water partition coefficient (Wildman–Crippen LogP) is 4.53. The second-order valence-electron chi connectivity index (χ2n) is 5.02. The lowest BCUT2D eigenvalue weighted by Crippen LogP contribution is -2.30. The summed E-state index contributed by atoms with van der Waals surface area (Å²) in [6.45, 7) is 1.06. The van der Waals surface area contributed by atoms with Gasteiger partial charge in [0.25, 0.3) is 0 Å². The van der Waals surface area contributed by atoms with Crippen LogP contribution in [0.1, 0.15) is 12.0 Å². The molecule has 0 aromatic heterocycles. The molecule has 0 N–H and O–H groups in total. The Morgan fingerprint density at radius 2 is 1.81 bits per heavy atom. The second-order valence-corrected chi connectivity index (χ2v) is 8.26. The van der Waals surface area contributed by atoms with Crippen molar-refractivity contribution < 1.29 is 9.05 Å². The zero-order valence-corrected chi connectivity index (χ0v) is 13.6. The molecule has 1 heterocycles. The topological polar surface area (TPSA) is 21.7 Å². The Balaban J connectivity index is 1.88. The average Bonchev–Trinajstić information content (AvgIpc) is 2.51. The fourth-order valence-electron chi connectivity index (χ4n) is 2.26. The minimum Gasteiger partial charge on any atom is -0.429 e. The fraction of sp³-hybridized carbons (Fsp3) is 0.250. The van der Waals surface area contributed by atoms with Gasteiger partial charge in [-0.05, 0) is 49.4 Å². The van der Waals surface area contributed by atoms with Gasteiger partial charge in [0.15, 0.2) is 0 Å². The van der Waals surface area contributed by atoms with Crippen molar-refractivity contribution >= 4 is 24.1 Å². The van der Waals surface area contributed by atoms with Crippen molar-refractivity contribution in [2.75, 3.05) is 17.8 Å². The molecule has 3 rings (SSSR count). The molecule has 1 fully saturated rings. The van der Waals surface area contributed by atoms with Crippen LogP contribution in [0, 0.1) is 6.92 Å². The quantitative estimate of drug-likeness (QED) is 0.775. The van der Waals surface area contributed by atoms with E-state index < -0.39 is 6.64 Å². The first-order valence-electron chi connectivity index (χ1n) is 7.01. The summed E-state index contributed by atoms with van der Waals surface area (Å²) in [5, 5.41) is 0. The Hall–Kier alpha value is -1.35. The Bertz CT molecular complexity index is 645. The van der Waals surface area contributed by atoms with E-state index in [-0.39, 0.29) is 0 Å². The van der Waals surface area contributed by atoms with Crippen molar-refractivity contribution in [3.05, 3.63) is 60.2 Å². The van der Waals surface area contributed by atoms with Crippen LogP contribution >= 0.6 is 6.64 Å². The maximum absolute atomic E-state index is 6.09. The van der Waals surface area contributed by atoms with Gasteiger partial charge in [0.2, 0.25) is 0 Å². The van der Waals surface area contributed by atoms with Crippen LogP contribution in [0.4, 0.5) is 5.69 Å². The number of para-hydroxylation sites is 1. The molecule has 0 aliphatic carbocycles. The lowest BCUT2D eigenvalue weighted by atomic mass is 10.2. The maximum atomic E-state index is 6.09. The zero-order chi connectivity index (χ0) is 14.7. The first-order chi connectivity index (χ1) is 10.2. The van der Waals surface area contributed by atoms with Gasteiger partial charge in [-0.2, -0.15) is 0 Å². The van der Waals surface area contributed by atoms with Crippen molar-refractivity contribution in [1.29, 1.82) is 0 Å². The first-order valence-corrected chi connectivity index (χ1v) is 9.60. The van der Waals surface area contributed by atoms with Gasteiger partial charge in [-0.25, -0.2) is 0 Å². The van der Waals surface area contributed by atoms with Crippen molar-refractivity contribution in [3.63, 3.8) is 0 Å². The molecule has 2 aromatic rings. The summed E-state index contributed by atoms with van der Waals surface area (Å²) in [5.74, 6) is 0.770. The molecule has 0 unspecified atom stereocenters. The van der Waals surface area contributed by atoms with E-state index in [4.69, 9.17) is 20.9 Å². The van der Waals surface area contributed by atoms with Crippen molar-refractivity contribution in [3.8, 4) is 5.75 Å². The smallest absolute Gasteiger partial charge is 0.342 e. The third-order valence-corrected chi connectivity index (χ3v) is 6.46. The van der Waals surface area contributed by atoms with Gasteiger partial charge in [-0.15, -0.1) is 0 Å². The number of nitrogens with zero attached hydrogens (tertiary/aromatic N) is 1. The summed E-state index contributed by atoms with van der Waals surface area (Å²) in [5.41, 5.74) is 2.26. The first kappa shape index (κ1) is 14.6. The van der Waals surface area contributed by atoms with Gasteiger partial charge in [0.05, 0.1) is 6.61 Å². The summed E-state index contributed by atoms with van der Waals surface area (Å²) >= 11 is 5.76. The molecule has 0 amide bonds. The van der Waals surface area contributed by atoms with Crippen LogP contribution in [0.15, 0.2) is 54.6 Å². The molecule has 0 radical (unpaired) electrons. The lowest BCUT2D eigenvalue weighted by Gasteiger charge is -2.38. The summed E-state index contributed by atoms with van der Waals surface area (Å²) in [6.07, 6.45) is 0.963. The van der Waals surface area contributed by atoms with Gasteiger partial charge in [-0.1, -0.05) is 35.9 Å². The molecule has 110 valence electrons. The van der Waals surface area contributed by atoms with E-state index in [0.717, 1.165) is 24.4 Å². The monoisotopic (exact) mass is 319 g/mol. The molecular weight excluding hydrogens is 301 g/mol. The highest BCUT2D eigenvalue weighted by Gasteiger charge is 2.33. The zero-order valence-electron chi connectivity index (χ0n) is 11.9. The highest BCUT2D eigenvalue weighted by atomic mass is 32.5. The number of benzene rings is 2. The lowest BCUT2D eigenvalue weighted by molar-refractivity contribution is 0.286. The molecule has 1 aliphatic heterocycles. The molecule has 1 atom stereocenters. The van der Waals surface area contributed by atoms with Crippen LogP contribution in [0.2, 0.25) is 0 Å². The molecule has 21 heavy (non-hydrogen) atoms. The molecule has 1 saturated heterocycles. The minimum atomic E-state index is -2.52. The van der Waals surface area contributed by atoms with Gasteiger partial charge in [-0.3, -0.25) is 4.67 Å². The van der Waals surface area contributed by atoms with Crippen LogP contribution < -0.4 is 9.19 Å². The van der Waals surface area contributed by atoms with Crippen molar-refractivity contribution in [2.45, 2.75) is 13.3 Å². The SMILES string of the molecule is Cc1ccc(O[P@@]2(=S)OCCCN2c2ccccc2)cc1. The summed E-state index contributed by atoms with van der Waals surface area (Å²) in [7, 11) is 0. The van der Waals surface area contributed by atoms with E-state index >= 15 is 0 Å². The Morgan fingerprint density at radius 1 is 1.10 bits per heavy atom. The number of anilines is 1. The molecule has 3 nitrogen and oxygen atoms in total. The van der Waals surface area contributed by atoms with Crippen LogP contribution in [-0.4, -0.2) is 13.2 Å². The Labute approximate surface area is 130 Å². The fourth-order valence-corrected chi connectivity index (χ4v) is 5.12. The maximum Gasteiger partial charge on any atom is 0.342 e. The van der Waals surface area contributed by atoms with Crippen LogP contribution in [0.25, 0.3) is 0 Å². The van der Waals surface area contributed by atoms with Gasteiger partial charge >= 0.3 is 6.64 Å². The number of aryl methyl sites for hydroxylation is 1. The molecule has 0 spiro atoms. The summed E-state index contributed by atoms with van der Waals surface area (Å²) in [4.78, 5) is 0. The standard InChI is InChI=1S/C16H18NO2PS/c1-14-8-10-16(11-9-14)19-20(21)17(12-5-13-18-20)15-6-3-2-4-7-15/h2-4,6-11H,5,12-13H2,1H3/t20-/m0/s1. The highest BCUT2D eigenvalue weighted by Crippen LogP contribution is 2.56. The van der Waals surface area contributed by atoms with Gasteiger partial charge in [0, 0.05) is 12.2 Å². The van der Waals surface area contributed by atoms with Gasteiger partial charge in [0.1, 0.15) is 5.75 Å². The van der Waals surface area contributed by atoms with Crippen LogP contribution in [0.3, 0.4) is 0 Å². The Morgan fingerprint density at radius 3 is 2.52 bits per heavy atom. The third kappa shape index (κ3) is 3.29. The number of hydrogen-bond donors (Lipinski definition) is 0. The average molecular weight is 319 g/mol. The number of hydrogen-bond acceptors (Lipinski definition) is 3. The summed E-state index contributed by atoms with van der Waals surface area (Å²) < 4.78 is 14.1. The number of rotatable bonds is 3. The van der Waals surface area contributed by atoms with E-state index in [1.165, 1.54) is 5.56 Å². The normalized spacial score (nSPS) is 22.0. The Kier molecular flexibility index (Phi) is 4.29. The van der Waals surface area contributed by atoms with Crippen molar-refractivity contribution in [1.82, 2.24) is 0 Å². The second kappa shape index (κ2) is 6.18. The third-order valence-electron chi connectivity index (χ3n) is 3.36. The van der Waals surface area contributed by atoms with E-state index in [0.29, 0.717) is 6.61 Å². The molecule has 0 saturated carbocycles. The van der Waals surface area contributed by atoms with E-state index in [1.54, 1.807) is 0 Å². The minimum absolute atomic E-state index is 0.659. The molecule has 1 aliphatic rings. The molecular formula is C16H18NO2PS. The predicted molar refractivity (Wildman–Crippen MR) is 90.4 cm³/mol.